The van der Waals surface area contributed by atoms with E-state index in [0.717, 1.165) is 122 Å². The van der Waals surface area contributed by atoms with Crippen molar-refractivity contribution >= 4 is 23.9 Å². The van der Waals surface area contributed by atoms with Crippen molar-refractivity contribution in [3.63, 3.8) is 0 Å². The minimum atomic E-state index is -1.92. The summed E-state index contributed by atoms with van der Waals surface area (Å²) in [5.41, 5.74) is 0. The van der Waals surface area contributed by atoms with E-state index in [0.29, 0.717) is 19.3 Å². The minimum Gasteiger partial charge on any atom is -0.479 e. The van der Waals surface area contributed by atoms with Gasteiger partial charge in [-0.1, -0.05) is 209 Å². The number of rotatable bonds is 51. The maximum absolute atomic E-state index is 13.1. The SMILES string of the molecule is CC/C=C\C/C=C\C/C=C\C/C=C\CCCCCCC(=O)OC1C(OCC(COC(=O)CCCCCCCCCCC/C=C\C/C=C\CCCCC)OC(=O)CCCCCCC/C=C\CCCC)OC(C(=O)O)C(O)C1O. The molecule has 1 saturated heterocycles. The summed E-state index contributed by atoms with van der Waals surface area (Å²) in [6, 6.07) is 0. The molecule has 0 spiro atoms. The lowest BCUT2D eigenvalue weighted by Gasteiger charge is -2.40. The van der Waals surface area contributed by atoms with Crippen molar-refractivity contribution in [3.05, 3.63) is 85.1 Å². The Kier molecular flexibility index (Phi) is 48.4. The predicted molar refractivity (Wildman–Crippen MR) is 312 cm³/mol. The number of allylic oxidation sites excluding steroid dienone is 14. The Bertz CT molecular complexity index is 1660. The van der Waals surface area contributed by atoms with Gasteiger partial charge in [-0.25, -0.2) is 4.79 Å². The first-order valence-corrected chi connectivity index (χ1v) is 30.6. The van der Waals surface area contributed by atoms with E-state index >= 15 is 0 Å². The fourth-order valence-electron chi connectivity index (χ4n) is 8.72. The summed E-state index contributed by atoms with van der Waals surface area (Å²) < 4.78 is 28.4. The molecule has 440 valence electrons. The number of aliphatic hydroxyl groups excluding tert-OH is 2. The highest BCUT2D eigenvalue weighted by atomic mass is 16.7. The van der Waals surface area contributed by atoms with Gasteiger partial charge in [-0.15, -0.1) is 0 Å². The van der Waals surface area contributed by atoms with E-state index in [2.05, 4.69) is 106 Å². The van der Waals surface area contributed by atoms with Gasteiger partial charge in [0.1, 0.15) is 18.8 Å². The standard InChI is InChI=1S/C65H108O12/c1-4-7-10-13-16-19-22-24-26-28-29-31-32-34-37-39-42-45-48-51-57(66)73-54-56(75-58(67)52-49-46-43-40-36-21-18-15-12-9-6-3)55-74-65-63(61(70)60(69)62(77-65)64(71)72)76-59(68)53-50-47-44-41-38-35-33-30-27-25-23-20-17-14-11-8-5-2/h8,11,15-20,24-27,33,35,56,60-63,65,69-70H,4-7,9-10,12-14,21-23,28-32,34,36-55H2,1-3H3,(H,71,72)/b11-8-,18-15-,19-16-,20-17-,26-24-,27-25-,35-33-. The number of carbonyl (C=O) groups excluding carboxylic acids is 3. The molecule has 0 saturated carbocycles. The molecule has 6 atom stereocenters. The molecule has 12 nitrogen and oxygen atoms in total. The van der Waals surface area contributed by atoms with Crippen molar-refractivity contribution in [3.8, 4) is 0 Å². The van der Waals surface area contributed by atoms with Crippen molar-refractivity contribution in [1.82, 2.24) is 0 Å². The number of hydrogen-bond donors (Lipinski definition) is 3. The zero-order chi connectivity index (χ0) is 56.1. The molecule has 77 heavy (non-hydrogen) atoms. The number of aliphatic hydroxyl groups is 2. The smallest absolute Gasteiger partial charge is 0.335 e. The Morgan fingerprint density at radius 2 is 0.831 bits per heavy atom. The molecule has 0 radical (unpaired) electrons. The molecule has 0 bridgehead atoms. The van der Waals surface area contributed by atoms with Crippen molar-refractivity contribution in [1.29, 1.82) is 0 Å². The number of carboxylic acid groups (broad SMARTS) is 1. The van der Waals surface area contributed by atoms with Gasteiger partial charge in [-0.05, 0) is 109 Å². The van der Waals surface area contributed by atoms with Crippen LogP contribution in [0.3, 0.4) is 0 Å². The Morgan fingerprint density at radius 1 is 0.442 bits per heavy atom. The summed E-state index contributed by atoms with van der Waals surface area (Å²) in [6.07, 6.45) is 55.5. The highest BCUT2D eigenvalue weighted by Crippen LogP contribution is 2.26. The van der Waals surface area contributed by atoms with Crippen LogP contribution in [-0.2, 0) is 42.9 Å². The lowest BCUT2D eigenvalue weighted by molar-refractivity contribution is -0.301. The second-order valence-electron chi connectivity index (χ2n) is 20.6. The van der Waals surface area contributed by atoms with Gasteiger partial charge in [0.05, 0.1) is 6.61 Å². The summed E-state index contributed by atoms with van der Waals surface area (Å²) in [7, 11) is 0. The van der Waals surface area contributed by atoms with Crippen molar-refractivity contribution in [2.45, 2.75) is 289 Å². The average molecular weight is 1080 g/mol. The van der Waals surface area contributed by atoms with Gasteiger partial charge in [-0.3, -0.25) is 14.4 Å². The molecule has 0 aromatic carbocycles. The largest absolute Gasteiger partial charge is 0.479 e. The topological polar surface area (TPSA) is 175 Å². The Morgan fingerprint density at radius 3 is 1.30 bits per heavy atom. The van der Waals surface area contributed by atoms with Gasteiger partial charge in [-0.2, -0.15) is 0 Å². The number of carboxylic acids is 1. The lowest BCUT2D eigenvalue weighted by atomic mass is 9.98. The van der Waals surface area contributed by atoms with Crippen LogP contribution in [0.5, 0.6) is 0 Å². The Hall–Kier alpha value is -4.10. The van der Waals surface area contributed by atoms with Crippen LogP contribution >= 0.6 is 0 Å². The molecule has 0 aromatic heterocycles. The van der Waals surface area contributed by atoms with Crippen LogP contribution in [0.4, 0.5) is 0 Å². The van der Waals surface area contributed by atoms with E-state index in [1.165, 1.54) is 70.6 Å². The molecule has 6 unspecified atom stereocenters. The van der Waals surface area contributed by atoms with Crippen LogP contribution in [0, 0.1) is 0 Å². The van der Waals surface area contributed by atoms with Crippen LogP contribution in [0.15, 0.2) is 85.1 Å². The maximum atomic E-state index is 13.1. The average Bonchev–Trinajstić information content (AvgIpc) is 3.42. The Labute approximate surface area is 467 Å². The maximum Gasteiger partial charge on any atom is 0.335 e. The summed E-state index contributed by atoms with van der Waals surface area (Å²) in [5.74, 6) is -3.17. The minimum absolute atomic E-state index is 0.0287. The van der Waals surface area contributed by atoms with Gasteiger partial charge in [0, 0.05) is 19.3 Å². The fraction of sp³-hybridized carbons (Fsp3) is 0.723. The summed E-state index contributed by atoms with van der Waals surface area (Å²) in [6.45, 7) is 5.80. The van der Waals surface area contributed by atoms with Crippen LogP contribution in [0.1, 0.15) is 252 Å². The summed E-state index contributed by atoms with van der Waals surface area (Å²) >= 11 is 0. The van der Waals surface area contributed by atoms with Crippen LogP contribution in [-0.4, -0.2) is 89.2 Å². The van der Waals surface area contributed by atoms with Crippen molar-refractivity contribution < 1.29 is 58.2 Å². The third-order valence-electron chi connectivity index (χ3n) is 13.4. The van der Waals surface area contributed by atoms with E-state index in [9.17, 15) is 34.5 Å². The number of hydrogen-bond acceptors (Lipinski definition) is 11. The normalized spacial score (nSPS) is 18.6. The van der Waals surface area contributed by atoms with E-state index in [1.54, 1.807) is 0 Å². The first kappa shape index (κ1) is 70.9. The van der Waals surface area contributed by atoms with E-state index < -0.39 is 67.3 Å². The van der Waals surface area contributed by atoms with Gasteiger partial charge < -0.3 is 39.0 Å². The fourth-order valence-corrected chi connectivity index (χ4v) is 8.72. The molecule has 3 N–H and O–H groups in total. The molecule has 12 heteroatoms. The highest BCUT2D eigenvalue weighted by Gasteiger charge is 2.50. The van der Waals surface area contributed by atoms with E-state index in [1.807, 2.05) is 0 Å². The Balaban J connectivity index is 2.66. The van der Waals surface area contributed by atoms with Crippen LogP contribution < -0.4 is 0 Å². The van der Waals surface area contributed by atoms with Crippen molar-refractivity contribution in [2.75, 3.05) is 13.2 Å². The van der Waals surface area contributed by atoms with Gasteiger partial charge in [0.2, 0.25) is 0 Å². The molecule has 0 aromatic rings. The molecular weight excluding hydrogens is 973 g/mol. The molecular formula is C65H108O12. The van der Waals surface area contributed by atoms with Gasteiger partial charge in [0.15, 0.2) is 24.6 Å². The van der Waals surface area contributed by atoms with Gasteiger partial charge in [0.25, 0.3) is 0 Å². The second-order valence-corrected chi connectivity index (χ2v) is 20.6. The molecule has 0 amide bonds. The van der Waals surface area contributed by atoms with E-state index in [-0.39, 0.29) is 25.9 Å². The molecule has 0 aliphatic carbocycles. The zero-order valence-corrected chi connectivity index (χ0v) is 48.4. The third-order valence-corrected chi connectivity index (χ3v) is 13.4. The number of aliphatic carboxylic acids is 1. The molecule has 1 aliphatic rings. The quantitative estimate of drug-likeness (QED) is 0.0228. The summed E-state index contributed by atoms with van der Waals surface area (Å²) in [4.78, 5) is 51.1. The molecule has 1 aliphatic heterocycles. The van der Waals surface area contributed by atoms with Crippen LogP contribution in [0.2, 0.25) is 0 Å². The lowest BCUT2D eigenvalue weighted by Crippen LogP contribution is -2.61. The van der Waals surface area contributed by atoms with Crippen LogP contribution in [0.25, 0.3) is 0 Å². The van der Waals surface area contributed by atoms with Gasteiger partial charge >= 0.3 is 23.9 Å². The number of unbranched alkanes of at least 4 members (excludes halogenated alkanes) is 23. The monoisotopic (exact) mass is 1080 g/mol. The zero-order valence-electron chi connectivity index (χ0n) is 48.4. The number of ether oxygens (including phenoxy) is 5. The first-order valence-electron chi connectivity index (χ1n) is 30.6. The highest BCUT2D eigenvalue weighted by molar-refractivity contribution is 5.74. The number of carbonyl (C=O) groups is 4. The second kappa shape index (κ2) is 52.6. The van der Waals surface area contributed by atoms with E-state index in [4.69, 9.17) is 23.7 Å². The first-order chi connectivity index (χ1) is 37.6. The molecule has 1 rings (SSSR count). The third kappa shape index (κ3) is 42.5. The number of esters is 3. The predicted octanol–water partition coefficient (Wildman–Crippen LogP) is 15.9. The summed E-state index contributed by atoms with van der Waals surface area (Å²) in [5, 5.41) is 31.5. The molecule has 1 heterocycles. The molecule has 1 fully saturated rings. The van der Waals surface area contributed by atoms with Crippen molar-refractivity contribution in [2.24, 2.45) is 0 Å².